The summed E-state index contributed by atoms with van der Waals surface area (Å²) < 4.78 is 5.90. The fourth-order valence-electron chi connectivity index (χ4n) is 2.79. The molecule has 2 aromatic rings. The molecule has 3 rings (SSSR count). The molecule has 1 fully saturated rings. The van der Waals surface area contributed by atoms with Crippen molar-refractivity contribution >= 4 is 17.2 Å². The molecular formula is C16H22N4OS. The van der Waals surface area contributed by atoms with Gasteiger partial charge >= 0.3 is 0 Å². The van der Waals surface area contributed by atoms with Crippen LogP contribution >= 0.6 is 11.3 Å². The molecule has 118 valence electrons. The largest absolute Gasteiger partial charge is 0.384 e. The van der Waals surface area contributed by atoms with Gasteiger partial charge in [-0.1, -0.05) is 0 Å². The van der Waals surface area contributed by atoms with Crippen molar-refractivity contribution in [2.24, 2.45) is 0 Å². The highest BCUT2D eigenvalue weighted by Crippen LogP contribution is 2.16. The number of ether oxygens (including phenoxy) is 1. The first-order chi connectivity index (χ1) is 10.7. The van der Waals surface area contributed by atoms with Crippen molar-refractivity contribution in [3.8, 4) is 0 Å². The molecule has 1 aliphatic heterocycles. The maximum atomic E-state index is 5.90. The number of hydrogen-bond acceptors (Lipinski definition) is 6. The normalized spacial score (nSPS) is 19.4. The number of nitrogens with two attached hydrogens (primary N) is 1. The average Bonchev–Trinajstić information content (AvgIpc) is 2.91. The molecule has 6 heteroatoms. The van der Waals surface area contributed by atoms with E-state index in [4.69, 9.17) is 10.5 Å². The predicted molar refractivity (Wildman–Crippen MR) is 88.8 cm³/mol. The van der Waals surface area contributed by atoms with Gasteiger partial charge in [-0.2, -0.15) is 0 Å². The Balaban J connectivity index is 1.50. The molecule has 1 unspecified atom stereocenters. The first-order valence-electron chi connectivity index (χ1n) is 7.64. The van der Waals surface area contributed by atoms with Crippen LogP contribution in [-0.4, -0.2) is 40.7 Å². The van der Waals surface area contributed by atoms with E-state index in [0.717, 1.165) is 44.1 Å². The van der Waals surface area contributed by atoms with Gasteiger partial charge in [-0.05, 0) is 37.5 Å². The van der Waals surface area contributed by atoms with E-state index >= 15 is 0 Å². The van der Waals surface area contributed by atoms with Crippen LogP contribution in [0.3, 0.4) is 0 Å². The number of nitrogen functional groups attached to an aromatic ring is 1. The third kappa shape index (κ3) is 4.25. The quantitative estimate of drug-likeness (QED) is 0.916. The Morgan fingerprint density at radius 3 is 3.18 bits per heavy atom. The van der Waals surface area contributed by atoms with Crippen LogP contribution in [0.5, 0.6) is 0 Å². The lowest BCUT2D eigenvalue weighted by Gasteiger charge is -2.32. The second-order valence-corrected chi connectivity index (χ2v) is 6.78. The molecule has 2 N–H and O–H groups in total. The lowest BCUT2D eigenvalue weighted by atomic mass is 10.1. The first kappa shape index (κ1) is 15.4. The van der Waals surface area contributed by atoms with E-state index in [1.807, 2.05) is 12.1 Å². The lowest BCUT2D eigenvalue weighted by molar-refractivity contribution is -0.0348. The van der Waals surface area contributed by atoms with Gasteiger partial charge < -0.3 is 10.5 Å². The number of hydrogen-bond donors (Lipinski definition) is 1. The summed E-state index contributed by atoms with van der Waals surface area (Å²) in [6, 6.07) is 3.97. The van der Waals surface area contributed by atoms with Crippen molar-refractivity contribution in [1.29, 1.82) is 0 Å². The summed E-state index contributed by atoms with van der Waals surface area (Å²) in [7, 11) is 0. The average molecular weight is 318 g/mol. The van der Waals surface area contributed by atoms with Crippen molar-refractivity contribution in [2.75, 3.05) is 25.4 Å². The highest BCUT2D eigenvalue weighted by atomic mass is 32.1. The van der Waals surface area contributed by atoms with Gasteiger partial charge in [-0.3, -0.25) is 4.90 Å². The SMILES string of the molecule is Cc1nc(CN2CCOC(CCc3ccnc(N)c3)C2)cs1. The molecule has 0 amide bonds. The smallest absolute Gasteiger partial charge is 0.123 e. The molecule has 0 aromatic carbocycles. The van der Waals surface area contributed by atoms with Gasteiger partial charge in [-0.15, -0.1) is 11.3 Å². The topological polar surface area (TPSA) is 64.3 Å². The third-order valence-electron chi connectivity index (χ3n) is 3.88. The highest BCUT2D eigenvalue weighted by molar-refractivity contribution is 7.09. The summed E-state index contributed by atoms with van der Waals surface area (Å²) in [6.45, 7) is 5.72. The van der Waals surface area contributed by atoms with Gasteiger partial charge in [0, 0.05) is 31.2 Å². The Kier molecular flexibility index (Phi) is 5.02. The Morgan fingerprint density at radius 2 is 2.41 bits per heavy atom. The third-order valence-corrected chi connectivity index (χ3v) is 4.70. The number of morpholine rings is 1. The summed E-state index contributed by atoms with van der Waals surface area (Å²) >= 11 is 1.72. The number of rotatable bonds is 5. The Morgan fingerprint density at radius 1 is 1.50 bits per heavy atom. The molecule has 5 nitrogen and oxygen atoms in total. The van der Waals surface area contributed by atoms with Crippen LogP contribution in [0.25, 0.3) is 0 Å². The molecule has 1 aliphatic rings. The van der Waals surface area contributed by atoms with Gasteiger partial charge in [0.2, 0.25) is 0 Å². The summed E-state index contributed by atoms with van der Waals surface area (Å²) in [6.07, 6.45) is 4.03. The number of thiazole rings is 1. The Bertz CT molecular complexity index is 616. The second-order valence-electron chi connectivity index (χ2n) is 5.71. The van der Waals surface area contributed by atoms with Crippen LogP contribution in [0.2, 0.25) is 0 Å². The first-order valence-corrected chi connectivity index (χ1v) is 8.52. The summed E-state index contributed by atoms with van der Waals surface area (Å²) in [5.74, 6) is 0.586. The molecule has 0 radical (unpaired) electrons. The second kappa shape index (κ2) is 7.17. The van der Waals surface area contributed by atoms with Crippen LogP contribution in [0.1, 0.15) is 22.7 Å². The number of nitrogens with zero attached hydrogens (tertiary/aromatic N) is 3. The minimum Gasteiger partial charge on any atom is -0.384 e. The molecule has 1 saturated heterocycles. The predicted octanol–water partition coefficient (Wildman–Crippen LogP) is 2.26. The zero-order valence-corrected chi connectivity index (χ0v) is 13.7. The van der Waals surface area contributed by atoms with Crippen molar-refractivity contribution < 1.29 is 4.74 Å². The minimum absolute atomic E-state index is 0.280. The van der Waals surface area contributed by atoms with E-state index in [9.17, 15) is 0 Å². The molecule has 22 heavy (non-hydrogen) atoms. The maximum Gasteiger partial charge on any atom is 0.123 e. The van der Waals surface area contributed by atoms with Gasteiger partial charge in [-0.25, -0.2) is 9.97 Å². The summed E-state index contributed by atoms with van der Waals surface area (Å²) in [5, 5.41) is 3.29. The number of aromatic nitrogens is 2. The maximum absolute atomic E-state index is 5.90. The van der Waals surface area contributed by atoms with E-state index in [1.165, 1.54) is 11.3 Å². The molecule has 0 spiro atoms. The number of anilines is 1. The van der Waals surface area contributed by atoms with Gasteiger partial charge in [0.1, 0.15) is 5.82 Å². The lowest BCUT2D eigenvalue weighted by Crippen LogP contribution is -2.42. The highest BCUT2D eigenvalue weighted by Gasteiger charge is 2.21. The van der Waals surface area contributed by atoms with Gasteiger partial charge in [0.15, 0.2) is 0 Å². The van der Waals surface area contributed by atoms with Crippen LogP contribution in [0, 0.1) is 6.92 Å². The zero-order valence-electron chi connectivity index (χ0n) is 12.9. The van der Waals surface area contributed by atoms with E-state index in [2.05, 4.69) is 27.2 Å². The van der Waals surface area contributed by atoms with Crippen LogP contribution in [0.4, 0.5) is 5.82 Å². The standard InChI is InChI=1S/C16H22N4OS/c1-12-19-14(11-22-12)9-20-6-7-21-15(10-20)3-2-13-4-5-18-16(17)8-13/h4-5,8,11,15H,2-3,6-7,9-10H2,1H3,(H2,17,18). The molecule has 2 aromatic heterocycles. The van der Waals surface area contributed by atoms with E-state index in [0.29, 0.717) is 5.82 Å². The summed E-state index contributed by atoms with van der Waals surface area (Å²) in [4.78, 5) is 11.0. The van der Waals surface area contributed by atoms with E-state index in [1.54, 1.807) is 17.5 Å². The van der Waals surface area contributed by atoms with Crippen molar-refractivity contribution in [3.05, 3.63) is 40.0 Å². The van der Waals surface area contributed by atoms with E-state index in [-0.39, 0.29) is 6.10 Å². The Hall–Kier alpha value is -1.50. The molecule has 0 bridgehead atoms. The number of aryl methyl sites for hydroxylation is 2. The zero-order chi connectivity index (χ0) is 15.4. The number of pyridine rings is 1. The summed E-state index contributed by atoms with van der Waals surface area (Å²) in [5.41, 5.74) is 8.12. The van der Waals surface area contributed by atoms with Crippen molar-refractivity contribution in [3.63, 3.8) is 0 Å². The fraction of sp³-hybridized carbons (Fsp3) is 0.500. The molecule has 0 saturated carbocycles. The fourth-order valence-corrected chi connectivity index (χ4v) is 3.39. The molecule has 0 aliphatic carbocycles. The van der Waals surface area contributed by atoms with E-state index < -0.39 is 0 Å². The molecule has 3 heterocycles. The van der Waals surface area contributed by atoms with Crippen LogP contribution in [-0.2, 0) is 17.7 Å². The van der Waals surface area contributed by atoms with Crippen LogP contribution in [0.15, 0.2) is 23.7 Å². The van der Waals surface area contributed by atoms with Gasteiger partial charge in [0.25, 0.3) is 0 Å². The van der Waals surface area contributed by atoms with Crippen LogP contribution < -0.4 is 5.73 Å². The van der Waals surface area contributed by atoms with Crippen molar-refractivity contribution in [1.82, 2.24) is 14.9 Å². The molecular weight excluding hydrogens is 296 g/mol. The Labute approximate surface area is 135 Å². The minimum atomic E-state index is 0.280. The molecule has 1 atom stereocenters. The van der Waals surface area contributed by atoms with Gasteiger partial charge in [0.05, 0.1) is 23.4 Å². The monoisotopic (exact) mass is 318 g/mol. The van der Waals surface area contributed by atoms with Crippen molar-refractivity contribution in [2.45, 2.75) is 32.4 Å².